The van der Waals surface area contributed by atoms with Gasteiger partial charge in [-0.05, 0) is 60.0 Å². The molecule has 0 radical (unpaired) electrons. The number of thiophene rings is 2. The maximum atomic E-state index is 2.36. The fourth-order valence-electron chi connectivity index (χ4n) is 4.46. The molecule has 6 rings (SSSR count). The molecule has 0 saturated carbocycles. The lowest BCUT2D eigenvalue weighted by Gasteiger charge is -2.22. The summed E-state index contributed by atoms with van der Waals surface area (Å²) < 4.78 is 0. The monoisotopic (exact) mass is 534 g/mol. The van der Waals surface area contributed by atoms with Gasteiger partial charge in [0.2, 0.25) is 0 Å². The Morgan fingerprint density at radius 1 is 0.333 bits per heavy atom. The van der Waals surface area contributed by atoms with Crippen LogP contribution in [-0.4, -0.2) is 0 Å². The van der Waals surface area contributed by atoms with Crippen molar-refractivity contribution in [2.75, 3.05) is 0 Å². The van der Waals surface area contributed by atoms with E-state index in [0.29, 0.717) is 0 Å². The van der Waals surface area contributed by atoms with E-state index >= 15 is 0 Å². The minimum absolute atomic E-state index is 0.650. The Morgan fingerprint density at radius 2 is 0.611 bits per heavy atom. The van der Waals surface area contributed by atoms with Crippen molar-refractivity contribution in [3.8, 4) is 9.75 Å². The van der Waals surface area contributed by atoms with Gasteiger partial charge >= 0.3 is 0 Å². The van der Waals surface area contributed by atoms with Gasteiger partial charge in [0.05, 0.1) is 9.75 Å². The van der Waals surface area contributed by atoms with E-state index < -0.39 is 15.8 Å². The molecule has 0 N–H and O–H groups in total. The molecule has 4 heteroatoms. The lowest BCUT2D eigenvalue weighted by atomic mass is 10.3. The molecule has 2 heterocycles. The Balaban J connectivity index is 1.52. The number of hydrogen-bond acceptors (Lipinski definition) is 2. The summed E-state index contributed by atoms with van der Waals surface area (Å²) in [6.45, 7) is 0. The average molecular weight is 535 g/mol. The van der Waals surface area contributed by atoms with Gasteiger partial charge in [-0.25, -0.2) is 0 Å². The maximum absolute atomic E-state index is 2.36. The first-order valence-corrected chi connectivity index (χ1v) is 16.3. The summed E-state index contributed by atoms with van der Waals surface area (Å²) in [4.78, 5) is 2.83. The largest absolute Gasteiger partial charge is 0.142 e. The highest BCUT2D eigenvalue weighted by Gasteiger charge is 2.26. The molecule has 174 valence electrons. The summed E-state index contributed by atoms with van der Waals surface area (Å²) in [5.74, 6) is 0. The summed E-state index contributed by atoms with van der Waals surface area (Å²) in [5.41, 5.74) is 0. The normalized spacial score (nSPS) is 11.3. The lowest BCUT2D eigenvalue weighted by molar-refractivity contribution is 1.75. The van der Waals surface area contributed by atoms with E-state index in [0.717, 1.165) is 0 Å². The zero-order valence-corrected chi connectivity index (χ0v) is 23.0. The van der Waals surface area contributed by atoms with Gasteiger partial charge in [0, 0.05) is 10.6 Å². The molecular weight excluding hydrogens is 510 g/mol. The highest BCUT2D eigenvalue weighted by molar-refractivity contribution is 7.81. The first kappa shape index (κ1) is 23.5. The van der Waals surface area contributed by atoms with Gasteiger partial charge < -0.3 is 0 Å². The second kappa shape index (κ2) is 11.0. The van der Waals surface area contributed by atoms with Crippen LogP contribution in [0.1, 0.15) is 0 Å². The van der Waals surface area contributed by atoms with E-state index in [-0.39, 0.29) is 0 Å². The molecule has 0 bridgehead atoms. The Bertz CT molecular complexity index is 1330. The van der Waals surface area contributed by atoms with Crippen molar-refractivity contribution in [2.24, 2.45) is 0 Å². The standard InChI is InChI=1S/C32H24P2S2/c1-5-13-25(14-6-1)33(26-15-7-2-8-16-26)29-21-23-35-31(29)32-30(22-24-36-32)34(27-17-9-3-10-18-27)28-19-11-4-12-20-28/h1-24H. The fourth-order valence-corrected chi connectivity index (χ4v) is 12.1. The van der Waals surface area contributed by atoms with Crippen molar-refractivity contribution >= 4 is 70.3 Å². The molecule has 36 heavy (non-hydrogen) atoms. The third kappa shape index (κ3) is 4.75. The van der Waals surface area contributed by atoms with Crippen molar-refractivity contribution in [3.63, 3.8) is 0 Å². The number of hydrogen-bond donors (Lipinski definition) is 0. The summed E-state index contributed by atoms with van der Waals surface area (Å²) in [6, 6.07) is 48.8. The Morgan fingerprint density at radius 3 is 0.889 bits per heavy atom. The SMILES string of the molecule is c1ccc(P(c2ccccc2)c2ccsc2-c2sccc2P(c2ccccc2)c2ccccc2)cc1. The second-order valence-corrected chi connectivity index (χ2v) is 14.5. The molecule has 0 aliphatic rings. The van der Waals surface area contributed by atoms with Crippen LogP contribution in [0.4, 0.5) is 0 Å². The van der Waals surface area contributed by atoms with Gasteiger partial charge in [-0.15, -0.1) is 22.7 Å². The topological polar surface area (TPSA) is 0 Å². The second-order valence-electron chi connectivity index (χ2n) is 8.28. The molecule has 0 atom stereocenters. The van der Waals surface area contributed by atoms with E-state index in [1.165, 1.54) is 41.6 Å². The van der Waals surface area contributed by atoms with Gasteiger partial charge in [-0.2, -0.15) is 0 Å². The summed E-state index contributed by atoms with van der Waals surface area (Å²) in [7, 11) is -1.30. The predicted octanol–water partition coefficient (Wildman–Crippen LogP) is 6.99. The van der Waals surface area contributed by atoms with Crippen LogP contribution in [0, 0.1) is 0 Å². The molecule has 0 nitrogen and oxygen atoms in total. The third-order valence-corrected chi connectivity index (χ3v) is 13.3. The third-order valence-electron chi connectivity index (χ3n) is 6.03. The van der Waals surface area contributed by atoms with Gasteiger partial charge in [-0.1, -0.05) is 121 Å². The maximum Gasteiger partial charge on any atom is 0.0532 e. The lowest BCUT2D eigenvalue weighted by Crippen LogP contribution is -2.23. The van der Waals surface area contributed by atoms with E-state index in [1.54, 1.807) is 0 Å². The van der Waals surface area contributed by atoms with Crippen molar-refractivity contribution in [2.45, 2.75) is 0 Å². The quantitative estimate of drug-likeness (QED) is 0.194. The summed E-state index contributed by atoms with van der Waals surface area (Å²) in [6.07, 6.45) is 0. The molecule has 6 aromatic rings. The van der Waals surface area contributed by atoms with Crippen LogP contribution < -0.4 is 31.8 Å². The van der Waals surface area contributed by atoms with E-state index in [9.17, 15) is 0 Å². The van der Waals surface area contributed by atoms with Crippen LogP contribution >= 0.6 is 38.5 Å². The zero-order chi connectivity index (χ0) is 24.2. The minimum atomic E-state index is -0.650. The fraction of sp³-hybridized carbons (Fsp3) is 0. The van der Waals surface area contributed by atoms with Gasteiger partial charge in [0.1, 0.15) is 0 Å². The molecule has 2 aromatic heterocycles. The smallest absolute Gasteiger partial charge is 0.0532 e. The van der Waals surface area contributed by atoms with Crippen LogP contribution in [-0.2, 0) is 0 Å². The highest BCUT2D eigenvalue weighted by atomic mass is 32.1. The first-order valence-electron chi connectivity index (χ1n) is 11.9. The highest BCUT2D eigenvalue weighted by Crippen LogP contribution is 2.44. The van der Waals surface area contributed by atoms with E-state index in [1.807, 2.05) is 22.7 Å². The molecule has 0 amide bonds. The van der Waals surface area contributed by atoms with Crippen molar-refractivity contribution in [1.29, 1.82) is 0 Å². The molecule has 4 aromatic carbocycles. The van der Waals surface area contributed by atoms with Crippen molar-refractivity contribution < 1.29 is 0 Å². The van der Waals surface area contributed by atoms with Gasteiger partial charge in [0.25, 0.3) is 0 Å². The van der Waals surface area contributed by atoms with Crippen LogP contribution in [0.5, 0.6) is 0 Å². The molecule has 0 saturated heterocycles. The molecule has 0 fully saturated rings. The van der Waals surface area contributed by atoms with Crippen molar-refractivity contribution in [1.82, 2.24) is 0 Å². The summed E-state index contributed by atoms with van der Waals surface area (Å²) in [5, 5.41) is 13.0. The average Bonchev–Trinajstić information content (AvgIpc) is 3.62. The summed E-state index contributed by atoms with van der Waals surface area (Å²) >= 11 is 3.77. The van der Waals surface area contributed by atoms with Crippen LogP contribution in [0.2, 0.25) is 0 Å². The van der Waals surface area contributed by atoms with Gasteiger partial charge in [-0.3, -0.25) is 0 Å². The Kier molecular flexibility index (Phi) is 7.21. The van der Waals surface area contributed by atoms with Gasteiger partial charge in [0.15, 0.2) is 0 Å². The molecular formula is C32H24P2S2. The molecule has 0 aliphatic carbocycles. The predicted molar refractivity (Wildman–Crippen MR) is 165 cm³/mol. The minimum Gasteiger partial charge on any atom is -0.142 e. The van der Waals surface area contributed by atoms with Crippen LogP contribution in [0.25, 0.3) is 9.75 Å². The number of benzene rings is 4. The Labute approximate surface area is 223 Å². The first-order chi connectivity index (χ1) is 17.9. The number of rotatable bonds is 7. The van der Waals surface area contributed by atoms with Crippen molar-refractivity contribution in [3.05, 3.63) is 144 Å². The molecule has 0 unspecified atom stereocenters. The molecule has 0 spiro atoms. The zero-order valence-electron chi connectivity index (χ0n) is 19.6. The van der Waals surface area contributed by atoms with Crippen LogP contribution in [0.15, 0.2) is 144 Å². The van der Waals surface area contributed by atoms with E-state index in [4.69, 9.17) is 0 Å². The van der Waals surface area contributed by atoms with Crippen LogP contribution in [0.3, 0.4) is 0 Å². The Hall–Kier alpha value is -2.86. The molecule has 0 aliphatic heterocycles. The van der Waals surface area contributed by atoms with E-state index in [2.05, 4.69) is 144 Å².